The van der Waals surface area contributed by atoms with Gasteiger partial charge in [-0.3, -0.25) is 4.79 Å². The lowest BCUT2D eigenvalue weighted by Crippen LogP contribution is -2.43. The largest absolute Gasteiger partial charge is 0.312 e. The highest BCUT2D eigenvalue weighted by atomic mass is 79.9. The fourth-order valence-electron chi connectivity index (χ4n) is 6.52. The molecule has 4 atom stereocenters. The van der Waals surface area contributed by atoms with E-state index in [0.29, 0.717) is 17.7 Å². The van der Waals surface area contributed by atoms with E-state index in [4.69, 9.17) is 0 Å². The highest BCUT2D eigenvalue weighted by Crippen LogP contribution is 2.45. The number of fused-ring (bicyclic) bond motifs is 4. The maximum absolute atomic E-state index is 14.1. The molecule has 0 radical (unpaired) electrons. The summed E-state index contributed by atoms with van der Waals surface area (Å²) in [5.74, 6) is 2.70. The molecular weight excluding hydrogens is 458 g/mol. The van der Waals surface area contributed by atoms with Crippen LogP contribution in [0.15, 0.2) is 34.8 Å². The van der Waals surface area contributed by atoms with Gasteiger partial charge in [0, 0.05) is 16.7 Å². The van der Waals surface area contributed by atoms with Crippen molar-refractivity contribution in [1.29, 1.82) is 0 Å². The molecule has 0 aromatic heterocycles. The van der Waals surface area contributed by atoms with Crippen LogP contribution < -0.4 is 4.90 Å². The first-order valence-corrected chi connectivity index (χ1v) is 13.4. The smallest absolute Gasteiger partial charge is 0.234 e. The molecule has 0 saturated carbocycles. The minimum Gasteiger partial charge on any atom is -0.312 e. The van der Waals surface area contributed by atoms with Crippen LogP contribution in [0.5, 0.6) is 0 Å². The number of benzene rings is 2. The molecule has 5 rings (SSSR count). The zero-order valence-electron chi connectivity index (χ0n) is 20.0. The first kappa shape index (κ1) is 22.2. The second-order valence-electron chi connectivity index (χ2n) is 10.9. The summed E-state index contributed by atoms with van der Waals surface area (Å²) in [7, 11) is 0. The van der Waals surface area contributed by atoms with Crippen molar-refractivity contribution in [1.82, 2.24) is 0 Å². The lowest BCUT2D eigenvalue weighted by atomic mass is 9.66. The van der Waals surface area contributed by atoms with Crippen LogP contribution in [0.3, 0.4) is 0 Å². The average Bonchev–Trinajstić information content (AvgIpc) is 2.78. The molecule has 1 amide bonds. The van der Waals surface area contributed by atoms with Crippen molar-refractivity contribution < 1.29 is 4.79 Å². The second kappa shape index (κ2) is 8.63. The van der Waals surface area contributed by atoms with Crippen molar-refractivity contribution in [3.05, 3.63) is 62.6 Å². The summed E-state index contributed by atoms with van der Waals surface area (Å²) in [5.41, 5.74) is 8.39. The van der Waals surface area contributed by atoms with Gasteiger partial charge in [0.2, 0.25) is 5.91 Å². The Balaban J connectivity index is 1.53. The molecule has 1 heterocycles. The van der Waals surface area contributed by atoms with Gasteiger partial charge >= 0.3 is 0 Å². The molecule has 0 bridgehead atoms. The fraction of sp³-hybridized carbons (Fsp3) is 0.552. The van der Waals surface area contributed by atoms with Crippen molar-refractivity contribution in [3.8, 4) is 0 Å². The number of aryl methyl sites for hydroxylation is 1. The Morgan fingerprint density at radius 3 is 2.62 bits per heavy atom. The summed E-state index contributed by atoms with van der Waals surface area (Å²) < 4.78 is 1.10. The van der Waals surface area contributed by atoms with Crippen LogP contribution in [-0.2, 0) is 30.5 Å². The van der Waals surface area contributed by atoms with Crippen LogP contribution in [-0.4, -0.2) is 12.5 Å². The number of halogens is 1. The van der Waals surface area contributed by atoms with E-state index >= 15 is 0 Å². The minimum absolute atomic E-state index is 0.0310. The van der Waals surface area contributed by atoms with Crippen LogP contribution in [0.4, 0.5) is 5.69 Å². The number of carbonyl (C=O) groups is 1. The number of hydrogen-bond donors (Lipinski definition) is 0. The molecule has 2 aromatic rings. The molecular formula is C29H36BrNO. The number of anilines is 1. The van der Waals surface area contributed by atoms with Gasteiger partial charge in [-0.1, -0.05) is 55.8 Å². The maximum Gasteiger partial charge on any atom is 0.234 e. The summed E-state index contributed by atoms with van der Waals surface area (Å²) >= 11 is 3.61. The number of carbonyl (C=O) groups excluding carboxylic acids is 1. The Hall–Kier alpha value is -1.61. The first-order chi connectivity index (χ1) is 15.3. The molecule has 0 N–H and O–H groups in total. The van der Waals surface area contributed by atoms with Gasteiger partial charge in [0.15, 0.2) is 0 Å². The van der Waals surface area contributed by atoms with E-state index in [1.165, 1.54) is 36.0 Å². The Morgan fingerprint density at radius 2 is 1.84 bits per heavy atom. The molecule has 170 valence electrons. The molecule has 2 aliphatic carbocycles. The first-order valence-electron chi connectivity index (χ1n) is 12.6. The molecule has 4 unspecified atom stereocenters. The highest BCUT2D eigenvalue weighted by molar-refractivity contribution is 9.10. The topological polar surface area (TPSA) is 20.3 Å². The van der Waals surface area contributed by atoms with E-state index in [0.717, 1.165) is 47.8 Å². The Morgan fingerprint density at radius 1 is 1.03 bits per heavy atom. The Labute approximate surface area is 201 Å². The number of hydrogen-bond acceptors (Lipinski definition) is 1. The molecule has 1 aliphatic heterocycles. The van der Waals surface area contributed by atoms with E-state index in [9.17, 15) is 4.79 Å². The quantitative estimate of drug-likeness (QED) is 0.436. The number of nitrogens with zero attached hydrogens (tertiary/aromatic N) is 1. The molecule has 0 spiro atoms. The van der Waals surface area contributed by atoms with Gasteiger partial charge in [-0.15, -0.1) is 0 Å². The molecule has 2 nitrogen and oxygen atoms in total. The molecule has 32 heavy (non-hydrogen) atoms. The van der Waals surface area contributed by atoms with Crippen molar-refractivity contribution in [3.63, 3.8) is 0 Å². The summed E-state index contributed by atoms with van der Waals surface area (Å²) in [6.45, 7) is 10.2. The molecule has 0 saturated heterocycles. The lowest BCUT2D eigenvalue weighted by Gasteiger charge is -2.41. The SMILES string of the molecule is CC(C)C1CCc2c(ccc3c2CC(C)C(C)C3C(=O)N2CCCc3cc(Br)ccc32)C1. The minimum atomic E-state index is -0.0310. The standard InChI is InChI=1S/C29H36BrNO/c1-17(2)20-7-10-24-21(15-20)8-11-25-26(24)14-18(3)19(4)28(25)29(32)31-13-5-6-22-16-23(30)9-12-27(22)31/h8-9,11-12,16-20,28H,5-7,10,13-15H2,1-4H3. The summed E-state index contributed by atoms with van der Waals surface area (Å²) in [6, 6.07) is 11.1. The van der Waals surface area contributed by atoms with E-state index in [1.54, 1.807) is 11.1 Å². The van der Waals surface area contributed by atoms with Crippen LogP contribution >= 0.6 is 15.9 Å². The molecule has 3 aliphatic rings. The Kier molecular flexibility index (Phi) is 5.99. The van der Waals surface area contributed by atoms with Gasteiger partial charge in [-0.05, 0) is 108 Å². The van der Waals surface area contributed by atoms with E-state index in [1.807, 2.05) is 0 Å². The normalized spacial score (nSPS) is 27.0. The molecule has 2 aromatic carbocycles. The lowest BCUT2D eigenvalue weighted by molar-refractivity contribution is -0.121. The van der Waals surface area contributed by atoms with E-state index in [-0.39, 0.29) is 5.92 Å². The van der Waals surface area contributed by atoms with Gasteiger partial charge in [-0.2, -0.15) is 0 Å². The third-order valence-electron chi connectivity index (χ3n) is 8.73. The van der Waals surface area contributed by atoms with E-state index in [2.05, 4.69) is 78.9 Å². The third kappa shape index (κ3) is 3.75. The number of rotatable bonds is 2. The Bertz CT molecular complexity index is 1040. The monoisotopic (exact) mass is 493 g/mol. The van der Waals surface area contributed by atoms with E-state index < -0.39 is 0 Å². The van der Waals surface area contributed by atoms with Gasteiger partial charge in [0.25, 0.3) is 0 Å². The van der Waals surface area contributed by atoms with Crippen molar-refractivity contribution in [2.45, 2.75) is 72.1 Å². The van der Waals surface area contributed by atoms with Crippen LogP contribution in [0.25, 0.3) is 0 Å². The van der Waals surface area contributed by atoms with Gasteiger partial charge < -0.3 is 4.90 Å². The predicted octanol–water partition coefficient (Wildman–Crippen LogP) is 7.10. The van der Waals surface area contributed by atoms with Crippen LogP contribution in [0, 0.1) is 23.7 Å². The zero-order valence-corrected chi connectivity index (χ0v) is 21.5. The predicted molar refractivity (Wildman–Crippen MR) is 136 cm³/mol. The van der Waals surface area contributed by atoms with Crippen LogP contribution in [0.2, 0.25) is 0 Å². The molecule has 3 heteroatoms. The number of amides is 1. The summed E-state index contributed by atoms with van der Waals surface area (Å²) in [6.07, 6.45) is 6.90. The van der Waals surface area contributed by atoms with Crippen molar-refractivity contribution in [2.75, 3.05) is 11.4 Å². The van der Waals surface area contributed by atoms with Crippen LogP contribution in [0.1, 0.15) is 74.3 Å². The summed E-state index contributed by atoms with van der Waals surface area (Å²) in [5, 5.41) is 0. The van der Waals surface area contributed by atoms with Gasteiger partial charge in [-0.25, -0.2) is 0 Å². The fourth-order valence-corrected chi connectivity index (χ4v) is 6.93. The highest BCUT2D eigenvalue weighted by Gasteiger charge is 2.41. The average molecular weight is 495 g/mol. The second-order valence-corrected chi connectivity index (χ2v) is 11.8. The third-order valence-corrected chi connectivity index (χ3v) is 9.22. The van der Waals surface area contributed by atoms with Crippen molar-refractivity contribution >= 4 is 27.5 Å². The van der Waals surface area contributed by atoms with Gasteiger partial charge in [0.1, 0.15) is 0 Å². The van der Waals surface area contributed by atoms with Crippen molar-refractivity contribution in [2.24, 2.45) is 23.7 Å². The zero-order chi connectivity index (χ0) is 22.6. The summed E-state index contributed by atoms with van der Waals surface area (Å²) in [4.78, 5) is 16.2. The van der Waals surface area contributed by atoms with Gasteiger partial charge in [0.05, 0.1) is 5.92 Å². The molecule has 0 fully saturated rings. The maximum atomic E-state index is 14.1.